The minimum atomic E-state index is -0.531. The van der Waals surface area contributed by atoms with Gasteiger partial charge in [0.05, 0.1) is 18.9 Å². The minimum absolute atomic E-state index is 0.122. The Morgan fingerprint density at radius 1 is 1.06 bits per heavy atom. The first-order valence-corrected chi connectivity index (χ1v) is 12.7. The Bertz CT molecular complexity index is 1500. The molecule has 8 heteroatoms. The third-order valence-corrected chi connectivity index (χ3v) is 6.93. The molecule has 1 amide bonds. The minimum Gasteiger partial charge on any atom is -0.348 e. The summed E-state index contributed by atoms with van der Waals surface area (Å²) < 4.78 is 4.35. The largest absolute Gasteiger partial charge is 0.348 e. The van der Waals surface area contributed by atoms with Crippen LogP contribution in [0.4, 0.5) is 0 Å². The van der Waals surface area contributed by atoms with Crippen molar-refractivity contribution in [2.75, 3.05) is 0 Å². The molecule has 1 aliphatic carbocycles. The maximum atomic E-state index is 13.6. The van der Waals surface area contributed by atoms with Crippen molar-refractivity contribution in [2.45, 2.75) is 64.7 Å². The highest BCUT2D eigenvalue weighted by Crippen LogP contribution is 2.29. The molecule has 186 valence electrons. The number of benzene rings is 2. The molecule has 8 nitrogen and oxygen atoms in total. The van der Waals surface area contributed by atoms with E-state index < -0.39 is 11.2 Å². The number of aromatic nitrogens is 4. The van der Waals surface area contributed by atoms with Crippen LogP contribution in [0.3, 0.4) is 0 Å². The summed E-state index contributed by atoms with van der Waals surface area (Å²) >= 11 is 0. The zero-order valence-corrected chi connectivity index (χ0v) is 20.5. The lowest BCUT2D eigenvalue weighted by molar-refractivity contribution is -0.122. The molecule has 5 rings (SSSR count). The maximum Gasteiger partial charge on any atom is 0.333 e. The van der Waals surface area contributed by atoms with E-state index in [0.717, 1.165) is 47.8 Å². The normalized spacial score (nSPS) is 15.1. The highest BCUT2D eigenvalue weighted by Gasteiger charge is 2.24. The van der Waals surface area contributed by atoms with Gasteiger partial charge in [-0.2, -0.15) is 0 Å². The maximum absolute atomic E-state index is 13.6. The predicted octanol–water partition coefficient (Wildman–Crippen LogP) is 3.40. The van der Waals surface area contributed by atoms with E-state index in [1.165, 1.54) is 10.1 Å². The van der Waals surface area contributed by atoms with Crippen molar-refractivity contribution in [3.63, 3.8) is 0 Å². The summed E-state index contributed by atoms with van der Waals surface area (Å²) in [4.78, 5) is 44.7. The topological polar surface area (TPSA) is 90.9 Å². The summed E-state index contributed by atoms with van der Waals surface area (Å²) in [5, 5.41) is 3.07. The van der Waals surface area contributed by atoms with Gasteiger partial charge in [0.1, 0.15) is 6.54 Å². The first-order valence-electron chi connectivity index (χ1n) is 12.7. The van der Waals surface area contributed by atoms with E-state index in [9.17, 15) is 14.4 Å². The molecule has 1 atom stereocenters. The van der Waals surface area contributed by atoms with Crippen LogP contribution in [0.1, 0.15) is 55.3 Å². The van der Waals surface area contributed by atoms with Crippen molar-refractivity contribution >= 4 is 17.1 Å². The van der Waals surface area contributed by atoms with Crippen LogP contribution in [-0.2, 0) is 30.8 Å². The second-order valence-corrected chi connectivity index (χ2v) is 9.42. The van der Waals surface area contributed by atoms with Crippen LogP contribution in [0, 0.1) is 0 Å². The molecule has 2 heterocycles. The fourth-order valence-corrected chi connectivity index (χ4v) is 5.07. The molecule has 36 heavy (non-hydrogen) atoms. The summed E-state index contributed by atoms with van der Waals surface area (Å²) in [6, 6.07) is 17.6. The fourth-order valence-electron chi connectivity index (χ4n) is 5.07. The molecule has 0 radical (unpaired) electrons. The highest BCUT2D eigenvalue weighted by atomic mass is 16.2. The Morgan fingerprint density at radius 3 is 2.64 bits per heavy atom. The highest BCUT2D eigenvalue weighted by molar-refractivity contribution is 5.77. The van der Waals surface area contributed by atoms with Crippen molar-refractivity contribution in [1.29, 1.82) is 0 Å². The van der Waals surface area contributed by atoms with Crippen LogP contribution in [0.2, 0.25) is 0 Å². The molecule has 0 spiro atoms. The number of nitrogens with zero attached hydrogens (tertiary/aromatic N) is 4. The van der Waals surface area contributed by atoms with E-state index in [-0.39, 0.29) is 25.0 Å². The van der Waals surface area contributed by atoms with Gasteiger partial charge in [0.15, 0.2) is 11.2 Å². The van der Waals surface area contributed by atoms with E-state index in [1.54, 1.807) is 10.9 Å². The van der Waals surface area contributed by atoms with Gasteiger partial charge >= 0.3 is 5.69 Å². The van der Waals surface area contributed by atoms with Gasteiger partial charge in [-0.3, -0.25) is 14.2 Å². The molecular formula is C28H31N5O3. The number of unbranched alkanes of at least 4 members (excludes halogenated alkanes) is 1. The number of carbonyl (C=O) groups excluding carboxylic acids is 1. The molecule has 2 aromatic heterocycles. The summed E-state index contributed by atoms with van der Waals surface area (Å²) in [5.74, 6) is -0.346. The van der Waals surface area contributed by atoms with Gasteiger partial charge in [0, 0.05) is 6.54 Å². The second kappa shape index (κ2) is 10.4. The van der Waals surface area contributed by atoms with Gasteiger partial charge < -0.3 is 9.88 Å². The summed E-state index contributed by atoms with van der Waals surface area (Å²) in [7, 11) is 0. The molecule has 4 aromatic rings. The number of fused-ring (bicyclic) bond motifs is 2. The van der Waals surface area contributed by atoms with E-state index >= 15 is 0 Å². The van der Waals surface area contributed by atoms with Crippen LogP contribution in [0.5, 0.6) is 0 Å². The summed E-state index contributed by atoms with van der Waals surface area (Å²) in [5.41, 5.74) is 2.95. The number of imidazole rings is 1. The lowest BCUT2D eigenvalue weighted by Gasteiger charge is -2.26. The molecule has 1 unspecified atom stereocenters. The Hall–Kier alpha value is -3.94. The van der Waals surface area contributed by atoms with Gasteiger partial charge in [0.2, 0.25) is 5.91 Å². The molecule has 0 saturated carbocycles. The number of aryl methyl sites for hydroxylation is 2. The molecule has 1 N–H and O–H groups in total. The summed E-state index contributed by atoms with van der Waals surface area (Å²) in [6.45, 7) is 2.63. The monoisotopic (exact) mass is 485 g/mol. The fraction of sp³-hybridized carbons (Fsp3) is 0.357. The van der Waals surface area contributed by atoms with Crippen LogP contribution in [-0.4, -0.2) is 24.6 Å². The van der Waals surface area contributed by atoms with Crippen molar-refractivity contribution in [3.05, 3.63) is 98.5 Å². The molecular weight excluding hydrogens is 454 g/mol. The second-order valence-electron chi connectivity index (χ2n) is 9.42. The van der Waals surface area contributed by atoms with Crippen LogP contribution in [0.25, 0.3) is 11.2 Å². The Morgan fingerprint density at radius 2 is 1.83 bits per heavy atom. The van der Waals surface area contributed by atoms with Gasteiger partial charge in [-0.15, -0.1) is 0 Å². The quantitative estimate of drug-likeness (QED) is 0.414. The van der Waals surface area contributed by atoms with Crippen LogP contribution < -0.4 is 16.6 Å². The molecule has 0 aliphatic heterocycles. The van der Waals surface area contributed by atoms with Gasteiger partial charge in [-0.25, -0.2) is 14.3 Å². The molecule has 0 saturated heterocycles. The number of hydrogen-bond acceptors (Lipinski definition) is 4. The predicted molar refractivity (Wildman–Crippen MR) is 139 cm³/mol. The van der Waals surface area contributed by atoms with E-state index in [1.807, 2.05) is 48.5 Å². The average molecular weight is 486 g/mol. The SMILES string of the molecule is CCCCn1cnc2c1c(=O)n(CC(=O)NC1CCCc3ccccc31)c(=O)n2Cc1ccccc1. The van der Waals surface area contributed by atoms with Crippen LogP contribution >= 0.6 is 0 Å². The number of hydrogen-bond donors (Lipinski definition) is 1. The van der Waals surface area contributed by atoms with E-state index in [2.05, 4.69) is 23.3 Å². The number of amides is 1. The lowest BCUT2D eigenvalue weighted by atomic mass is 9.88. The zero-order valence-electron chi connectivity index (χ0n) is 20.5. The van der Waals surface area contributed by atoms with Crippen molar-refractivity contribution < 1.29 is 4.79 Å². The number of carbonyl (C=O) groups is 1. The Labute approximate surface area is 209 Å². The first kappa shape index (κ1) is 23.8. The Kier molecular flexibility index (Phi) is 6.84. The lowest BCUT2D eigenvalue weighted by Crippen LogP contribution is -2.45. The third-order valence-electron chi connectivity index (χ3n) is 6.93. The van der Waals surface area contributed by atoms with Crippen molar-refractivity contribution in [2.24, 2.45) is 0 Å². The first-order chi connectivity index (χ1) is 17.6. The van der Waals surface area contributed by atoms with Gasteiger partial charge in [-0.05, 0) is 42.4 Å². The van der Waals surface area contributed by atoms with E-state index in [4.69, 9.17) is 0 Å². The standard InChI is InChI=1S/C28H31N5O3/c1-2-3-16-31-19-29-26-25(31)27(35)33(28(36)32(26)17-20-10-5-4-6-11-20)18-24(34)30-23-15-9-13-21-12-7-8-14-22(21)23/h4-8,10-12,14,19,23H,2-3,9,13,15-18H2,1H3,(H,30,34). The van der Waals surface area contributed by atoms with Crippen molar-refractivity contribution in [3.8, 4) is 0 Å². The van der Waals surface area contributed by atoms with Crippen LogP contribution in [0.15, 0.2) is 70.5 Å². The summed E-state index contributed by atoms with van der Waals surface area (Å²) in [6.07, 6.45) is 6.26. The molecule has 1 aliphatic rings. The average Bonchev–Trinajstić information content (AvgIpc) is 3.32. The van der Waals surface area contributed by atoms with Crippen molar-refractivity contribution in [1.82, 2.24) is 24.0 Å². The smallest absolute Gasteiger partial charge is 0.333 e. The van der Waals surface area contributed by atoms with Gasteiger partial charge in [0.25, 0.3) is 5.56 Å². The molecule has 2 aromatic carbocycles. The Balaban J connectivity index is 1.52. The molecule has 0 fully saturated rings. The third kappa shape index (κ3) is 4.63. The zero-order chi connectivity index (χ0) is 25.1. The van der Waals surface area contributed by atoms with Gasteiger partial charge in [-0.1, -0.05) is 67.9 Å². The number of rotatable bonds is 8. The molecule has 0 bridgehead atoms. The van der Waals surface area contributed by atoms with E-state index in [0.29, 0.717) is 17.7 Å². The number of nitrogens with one attached hydrogen (secondary N) is 1.